The van der Waals surface area contributed by atoms with Gasteiger partial charge in [-0.25, -0.2) is 8.42 Å². The van der Waals surface area contributed by atoms with Crippen molar-refractivity contribution in [2.24, 2.45) is 0 Å². The largest absolute Gasteiger partial charge is 0.379 e. The number of rotatable bonds is 6. The van der Waals surface area contributed by atoms with Crippen LogP contribution in [0.1, 0.15) is 36.6 Å². The lowest BCUT2D eigenvalue weighted by Gasteiger charge is -2.17. The van der Waals surface area contributed by atoms with Crippen LogP contribution >= 0.6 is 0 Å². The highest BCUT2D eigenvalue weighted by molar-refractivity contribution is 7.92. The Morgan fingerprint density at radius 2 is 1.71 bits per heavy atom. The van der Waals surface area contributed by atoms with Crippen LogP contribution in [-0.2, 0) is 28.0 Å². The molecule has 3 rings (SSSR count). The number of fused-ring (bicyclic) bond motifs is 1. The van der Waals surface area contributed by atoms with E-state index in [4.69, 9.17) is 4.74 Å². The number of sulfonamides is 1. The van der Waals surface area contributed by atoms with Gasteiger partial charge < -0.3 is 10.1 Å². The van der Waals surface area contributed by atoms with Gasteiger partial charge in [0, 0.05) is 17.4 Å². The molecular formula is C18H22N2O3S. The smallest absolute Gasteiger partial charge is 0.232 e. The van der Waals surface area contributed by atoms with Crippen molar-refractivity contribution in [2.45, 2.75) is 33.1 Å². The summed E-state index contributed by atoms with van der Waals surface area (Å²) in [7, 11) is -3.24. The molecule has 0 radical (unpaired) electrons. The maximum absolute atomic E-state index is 11.6. The van der Waals surface area contributed by atoms with E-state index in [0.29, 0.717) is 18.9 Å². The van der Waals surface area contributed by atoms with Gasteiger partial charge in [0.1, 0.15) is 0 Å². The molecule has 0 spiro atoms. The quantitative estimate of drug-likeness (QED) is 0.838. The molecule has 0 saturated carbocycles. The van der Waals surface area contributed by atoms with Gasteiger partial charge in [0.05, 0.1) is 19.0 Å². The van der Waals surface area contributed by atoms with E-state index in [-0.39, 0.29) is 11.8 Å². The lowest BCUT2D eigenvalue weighted by Crippen LogP contribution is -2.14. The van der Waals surface area contributed by atoms with E-state index in [2.05, 4.69) is 35.2 Å². The molecule has 0 aromatic heterocycles. The predicted octanol–water partition coefficient (Wildman–Crippen LogP) is 3.65. The Balaban J connectivity index is 1.68. The van der Waals surface area contributed by atoms with Crippen molar-refractivity contribution in [1.82, 2.24) is 0 Å². The van der Waals surface area contributed by atoms with Crippen molar-refractivity contribution in [1.29, 1.82) is 0 Å². The number of hydrogen-bond acceptors (Lipinski definition) is 4. The maximum atomic E-state index is 11.6. The zero-order valence-corrected chi connectivity index (χ0v) is 14.7. The highest BCUT2D eigenvalue weighted by Gasteiger charge is 2.13. The summed E-state index contributed by atoms with van der Waals surface area (Å²) < 4.78 is 31.2. The number of anilines is 2. The molecule has 128 valence electrons. The molecule has 1 heterocycles. The molecule has 0 bridgehead atoms. The topological polar surface area (TPSA) is 67.4 Å². The first kappa shape index (κ1) is 16.8. The summed E-state index contributed by atoms with van der Waals surface area (Å²) in [6.07, 6.45) is 0. The number of hydrogen-bond donors (Lipinski definition) is 2. The lowest BCUT2D eigenvalue weighted by molar-refractivity contribution is 0.134. The Labute approximate surface area is 143 Å². The fourth-order valence-corrected chi connectivity index (χ4v) is 3.33. The molecular weight excluding hydrogens is 324 g/mol. The van der Waals surface area contributed by atoms with E-state index in [1.807, 2.05) is 12.1 Å². The second kappa shape index (κ2) is 6.83. The summed E-state index contributed by atoms with van der Waals surface area (Å²) in [6.45, 7) is 5.06. The van der Waals surface area contributed by atoms with Crippen LogP contribution < -0.4 is 10.0 Å². The highest BCUT2D eigenvalue weighted by Crippen LogP contribution is 2.26. The Kier molecular flexibility index (Phi) is 4.78. The van der Waals surface area contributed by atoms with Crippen LogP contribution in [0, 0.1) is 0 Å². The van der Waals surface area contributed by atoms with E-state index in [1.54, 1.807) is 19.1 Å². The molecule has 0 fully saturated rings. The molecule has 0 unspecified atom stereocenters. The molecule has 1 atom stereocenters. The summed E-state index contributed by atoms with van der Waals surface area (Å²) in [5.41, 5.74) is 5.22. The van der Waals surface area contributed by atoms with Gasteiger partial charge in [-0.3, -0.25) is 4.72 Å². The van der Waals surface area contributed by atoms with Gasteiger partial charge in [0.2, 0.25) is 10.0 Å². The normalized spacial score (nSPS) is 14.9. The average Bonchev–Trinajstić information content (AvgIpc) is 3.03. The van der Waals surface area contributed by atoms with Crippen LogP contribution in [0.25, 0.3) is 0 Å². The molecule has 0 saturated heterocycles. The van der Waals surface area contributed by atoms with E-state index in [9.17, 15) is 8.42 Å². The SMILES string of the molecule is CCS(=O)(=O)Nc1ccc([C@H](C)Nc2ccc3c(c2)COC3)cc1. The van der Waals surface area contributed by atoms with Crippen LogP contribution in [0.5, 0.6) is 0 Å². The molecule has 2 N–H and O–H groups in total. The van der Waals surface area contributed by atoms with Crippen LogP contribution in [-0.4, -0.2) is 14.2 Å². The Morgan fingerprint density at radius 3 is 2.42 bits per heavy atom. The lowest BCUT2D eigenvalue weighted by atomic mass is 10.1. The minimum atomic E-state index is -3.24. The van der Waals surface area contributed by atoms with Crippen molar-refractivity contribution >= 4 is 21.4 Å². The van der Waals surface area contributed by atoms with E-state index in [0.717, 1.165) is 11.3 Å². The summed E-state index contributed by atoms with van der Waals surface area (Å²) in [6, 6.07) is 13.8. The first-order valence-electron chi connectivity index (χ1n) is 8.03. The van der Waals surface area contributed by atoms with Gasteiger partial charge in [-0.05, 0) is 54.8 Å². The van der Waals surface area contributed by atoms with Crippen molar-refractivity contribution in [3.05, 3.63) is 59.2 Å². The molecule has 1 aliphatic heterocycles. The Bertz CT molecular complexity index is 817. The van der Waals surface area contributed by atoms with Crippen molar-refractivity contribution in [3.8, 4) is 0 Å². The van der Waals surface area contributed by atoms with E-state index < -0.39 is 10.0 Å². The minimum Gasteiger partial charge on any atom is -0.379 e. The second-order valence-corrected chi connectivity index (χ2v) is 7.98. The van der Waals surface area contributed by atoms with Gasteiger partial charge in [-0.2, -0.15) is 0 Å². The first-order chi connectivity index (χ1) is 11.5. The van der Waals surface area contributed by atoms with Gasteiger partial charge in [0.25, 0.3) is 0 Å². The molecule has 2 aromatic rings. The molecule has 2 aromatic carbocycles. The summed E-state index contributed by atoms with van der Waals surface area (Å²) >= 11 is 0. The molecule has 0 aliphatic carbocycles. The third kappa shape index (κ3) is 3.88. The minimum absolute atomic E-state index is 0.0642. The summed E-state index contributed by atoms with van der Waals surface area (Å²) in [5, 5.41) is 3.47. The van der Waals surface area contributed by atoms with Gasteiger partial charge in [0.15, 0.2) is 0 Å². The fourth-order valence-electron chi connectivity index (χ4n) is 2.69. The van der Waals surface area contributed by atoms with E-state index >= 15 is 0 Å². The van der Waals surface area contributed by atoms with Crippen molar-refractivity contribution in [3.63, 3.8) is 0 Å². The third-order valence-electron chi connectivity index (χ3n) is 4.17. The zero-order valence-electron chi connectivity index (χ0n) is 13.9. The highest BCUT2D eigenvalue weighted by atomic mass is 32.2. The van der Waals surface area contributed by atoms with Gasteiger partial charge >= 0.3 is 0 Å². The Morgan fingerprint density at radius 1 is 1.04 bits per heavy atom. The summed E-state index contributed by atoms with van der Waals surface area (Å²) in [5.74, 6) is 0.0642. The number of benzene rings is 2. The van der Waals surface area contributed by atoms with Crippen LogP contribution in [0.15, 0.2) is 42.5 Å². The summed E-state index contributed by atoms with van der Waals surface area (Å²) in [4.78, 5) is 0. The molecule has 1 aliphatic rings. The fraction of sp³-hybridized carbons (Fsp3) is 0.333. The van der Waals surface area contributed by atoms with Crippen LogP contribution in [0.2, 0.25) is 0 Å². The average molecular weight is 346 g/mol. The number of ether oxygens (including phenoxy) is 1. The molecule has 5 nitrogen and oxygen atoms in total. The monoisotopic (exact) mass is 346 g/mol. The molecule has 24 heavy (non-hydrogen) atoms. The van der Waals surface area contributed by atoms with Gasteiger partial charge in [-0.15, -0.1) is 0 Å². The first-order valence-corrected chi connectivity index (χ1v) is 9.68. The van der Waals surface area contributed by atoms with Crippen molar-refractivity contribution < 1.29 is 13.2 Å². The number of nitrogens with one attached hydrogen (secondary N) is 2. The molecule has 6 heteroatoms. The zero-order chi connectivity index (χ0) is 17.2. The van der Waals surface area contributed by atoms with Crippen LogP contribution in [0.3, 0.4) is 0 Å². The standard InChI is InChI=1S/C18H22N2O3S/c1-3-24(21,22)20-17-7-4-14(5-8-17)13(2)19-18-9-6-15-11-23-12-16(15)10-18/h4-10,13,19-20H,3,11-12H2,1-2H3/t13-/m0/s1. The molecule has 0 amide bonds. The van der Waals surface area contributed by atoms with Crippen LogP contribution in [0.4, 0.5) is 11.4 Å². The van der Waals surface area contributed by atoms with Gasteiger partial charge in [-0.1, -0.05) is 18.2 Å². The second-order valence-electron chi connectivity index (χ2n) is 5.97. The maximum Gasteiger partial charge on any atom is 0.232 e. The van der Waals surface area contributed by atoms with E-state index in [1.165, 1.54) is 11.1 Å². The predicted molar refractivity (Wildman–Crippen MR) is 96.5 cm³/mol. The third-order valence-corrected chi connectivity index (χ3v) is 5.48. The van der Waals surface area contributed by atoms with Crippen molar-refractivity contribution in [2.75, 3.05) is 15.8 Å². The Hall–Kier alpha value is -2.05.